The van der Waals surface area contributed by atoms with Crippen molar-refractivity contribution in [2.24, 2.45) is 0 Å². The Morgan fingerprint density at radius 2 is 1.88 bits per heavy atom. The lowest BCUT2D eigenvalue weighted by atomic mass is 10.0. The molecule has 0 saturated heterocycles. The fourth-order valence-corrected chi connectivity index (χ4v) is 4.35. The van der Waals surface area contributed by atoms with E-state index in [-0.39, 0.29) is 12.1 Å². The molecule has 6 nitrogen and oxygen atoms in total. The highest BCUT2D eigenvalue weighted by molar-refractivity contribution is 5.61. The van der Waals surface area contributed by atoms with Crippen molar-refractivity contribution in [3.63, 3.8) is 0 Å². The number of nitrogens with one attached hydrogen (secondary N) is 3. The second kappa shape index (κ2) is 9.53. The number of anilines is 3. The quantitative estimate of drug-likeness (QED) is 0.478. The molecule has 6 heteroatoms. The zero-order valence-electron chi connectivity index (χ0n) is 19.2. The lowest BCUT2D eigenvalue weighted by Crippen LogP contribution is -2.33. The fourth-order valence-electron chi connectivity index (χ4n) is 4.35. The van der Waals surface area contributed by atoms with E-state index in [0.29, 0.717) is 13.2 Å². The summed E-state index contributed by atoms with van der Waals surface area (Å²) in [5, 5.41) is 10.3. The van der Waals surface area contributed by atoms with Gasteiger partial charge in [-0.1, -0.05) is 24.3 Å². The van der Waals surface area contributed by atoms with Gasteiger partial charge in [0.05, 0.1) is 36.3 Å². The number of hydrogen-bond acceptors (Lipinski definition) is 6. The molecule has 2 heterocycles. The number of ether oxygens (including phenoxy) is 3. The van der Waals surface area contributed by atoms with Gasteiger partial charge in [0.2, 0.25) is 0 Å². The predicted molar refractivity (Wildman–Crippen MR) is 133 cm³/mol. The molecule has 2 atom stereocenters. The molecule has 0 saturated carbocycles. The monoisotopic (exact) mass is 445 g/mol. The number of rotatable bonds is 7. The summed E-state index contributed by atoms with van der Waals surface area (Å²) in [6, 6.07) is 21.0. The summed E-state index contributed by atoms with van der Waals surface area (Å²) in [6.07, 6.45) is 1.91. The molecule has 2 aliphatic rings. The minimum absolute atomic E-state index is 0.201. The second-order valence-electron chi connectivity index (χ2n) is 8.67. The van der Waals surface area contributed by atoms with Crippen LogP contribution in [0.5, 0.6) is 17.2 Å². The standard InChI is InChI=1S/C27H31N3O3/c1-18-16-29-24-14-19(7-10-27(24)33-18)11-12-31-26-9-8-20(15-23(26)28-2)13-21-17-32-25-6-4-3-5-22(25)30-21/h3-10,14-15,18,21,28-30H,11-13,16-17H2,1-2H3. The third kappa shape index (κ3) is 4.95. The first-order chi connectivity index (χ1) is 16.2. The molecule has 0 spiro atoms. The SMILES string of the molecule is CNc1cc(CC2COc3ccccc3N2)ccc1OCCc1ccc2c(c1)NCC(C)O2. The second-order valence-corrected chi connectivity index (χ2v) is 8.67. The summed E-state index contributed by atoms with van der Waals surface area (Å²) in [6.45, 7) is 4.17. The number of fused-ring (bicyclic) bond motifs is 2. The smallest absolute Gasteiger partial charge is 0.142 e. The van der Waals surface area contributed by atoms with Crippen LogP contribution in [0.15, 0.2) is 60.7 Å². The first kappa shape index (κ1) is 21.3. The Bertz CT molecular complexity index is 1120. The lowest BCUT2D eigenvalue weighted by Gasteiger charge is -2.27. The summed E-state index contributed by atoms with van der Waals surface area (Å²) in [5.74, 6) is 2.71. The molecule has 0 aliphatic carbocycles. The highest BCUT2D eigenvalue weighted by atomic mass is 16.5. The molecular weight excluding hydrogens is 414 g/mol. The predicted octanol–water partition coefficient (Wildman–Crippen LogP) is 4.96. The van der Waals surface area contributed by atoms with Crippen LogP contribution in [-0.4, -0.2) is 39.0 Å². The van der Waals surface area contributed by atoms with E-state index in [2.05, 4.69) is 59.3 Å². The van der Waals surface area contributed by atoms with Crippen LogP contribution in [-0.2, 0) is 12.8 Å². The summed E-state index contributed by atoms with van der Waals surface area (Å²) in [7, 11) is 1.93. The van der Waals surface area contributed by atoms with Gasteiger partial charge >= 0.3 is 0 Å². The van der Waals surface area contributed by atoms with Gasteiger partial charge in [-0.15, -0.1) is 0 Å². The molecule has 0 aromatic heterocycles. The van der Waals surface area contributed by atoms with Crippen LogP contribution in [0.1, 0.15) is 18.1 Å². The zero-order valence-corrected chi connectivity index (χ0v) is 19.2. The molecule has 2 unspecified atom stereocenters. The Morgan fingerprint density at radius 1 is 1.00 bits per heavy atom. The lowest BCUT2D eigenvalue weighted by molar-refractivity contribution is 0.226. The van der Waals surface area contributed by atoms with E-state index in [1.165, 1.54) is 11.1 Å². The van der Waals surface area contributed by atoms with Gasteiger partial charge in [0.15, 0.2) is 0 Å². The van der Waals surface area contributed by atoms with Gasteiger partial charge in [0, 0.05) is 13.5 Å². The molecule has 0 amide bonds. The maximum atomic E-state index is 6.13. The highest BCUT2D eigenvalue weighted by Crippen LogP contribution is 2.32. The summed E-state index contributed by atoms with van der Waals surface area (Å²) >= 11 is 0. The van der Waals surface area contributed by atoms with Gasteiger partial charge in [0.25, 0.3) is 0 Å². The Hall–Kier alpha value is -3.54. The van der Waals surface area contributed by atoms with Gasteiger partial charge in [-0.25, -0.2) is 0 Å². The summed E-state index contributed by atoms with van der Waals surface area (Å²) in [5.41, 5.74) is 5.58. The largest absolute Gasteiger partial charge is 0.491 e. The molecule has 3 aromatic carbocycles. The van der Waals surface area contributed by atoms with Crippen LogP contribution in [0.4, 0.5) is 17.1 Å². The van der Waals surface area contributed by atoms with Crippen LogP contribution in [0.2, 0.25) is 0 Å². The maximum absolute atomic E-state index is 6.13. The van der Waals surface area contributed by atoms with E-state index < -0.39 is 0 Å². The van der Waals surface area contributed by atoms with Crippen molar-refractivity contribution >= 4 is 17.1 Å². The van der Waals surface area contributed by atoms with Gasteiger partial charge < -0.3 is 30.2 Å². The topological polar surface area (TPSA) is 63.8 Å². The van der Waals surface area contributed by atoms with Crippen molar-refractivity contribution in [3.8, 4) is 17.2 Å². The molecule has 172 valence electrons. The Balaban J connectivity index is 1.18. The van der Waals surface area contributed by atoms with E-state index in [9.17, 15) is 0 Å². The van der Waals surface area contributed by atoms with Crippen molar-refractivity contribution in [2.45, 2.75) is 31.9 Å². The van der Waals surface area contributed by atoms with Crippen LogP contribution in [0, 0.1) is 0 Å². The zero-order chi connectivity index (χ0) is 22.6. The van der Waals surface area contributed by atoms with Crippen molar-refractivity contribution in [2.75, 3.05) is 42.8 Å². The van der Waals surface area contributed by atoms with Crippen molar-refractivity contribution < 1.29 is 14.2 Å². The minimum Gasteiger partial charge on any atom is -0.491 e. The Morgan fingerprint density at radius 3 is 2.79 bits per heavy atom. The molecule has 33 heavy (non-hydrogen) atoms. The van der Waals surface area contributed by atoms with Gasteiger partial charge in [-0.05, 0) is 60.9 Å². The van der Waals surface area contributed by atoms with Crippen LogP contribution < -0.4 is 30.2 Å². The Labute approximate surface area is 195 Å². The number of benzene rings is 3. The average molecular weight is 446 g/mol. The molecule has 0 radical (unpaired) electrons. The van der Waals surface area contributed by atoms with Gasteiger partial charge in [-0.2, -0.15) is 0 Å². The van der Waals surface area contributed by atoms with E-state index in [0.717, 1.165) is 53.7 Å². The summed E-state index contributed by atoms with van der Waals surface area (Å²) in [4.78, 5) is 0. The molecule has 0 bridgehead atoms. The molecule has 0 fully saturated rings. The first-order valence-corrected chi connectivity index (χ1v) is 11.6. The molecule has 5 rings (SSSR count). The highest BCUT2D eigenvalue weighted by Gasteiger charge is 2.19. The molecule has 2 aliphatic heterocycles. The van der Waals surface area contributed by atoms with Crippen molar-refractivity contribution in [3.05, 3.63) is 71.8 Å². The Kier molecular flexibility index (Phi) is 6.15. The molecular formula is C27H31N3O3. The van der Waals surface area contributed by atoms with E-state index in [1.54, 1.807) is 0 Å². The average Bonchev–Trinajstić information content (AvgIpc) is 2.84. The molecule has 3 N–H and O–H groups in total. The van der Waals surface area contributed by atoms with Crippen molar-refractivity contribution in [1.82, 2.24) is 0 Å². The van der Waals surface area contributed by atoms with Gasteiger partial charge in [-0.3, -0.25) is 0 Å². The minimum atomic E-state index is 0.201. The van der Waals surface area contributed by atoms with Crippen LogP contribution in [0.25, 0.3) is 0 Å². The fraction of sp³-hybridized carbons (Fsp3) is 0.333. The van der Waals surface area contributed by atoms with E-state index in [4.69, 9.17) is 14.2 Å². The third-order valence-corrected chi connectivity index (χ3v) is 6.08. The van der Waals surface area contributed by atoms with E-state index >= 15 is 0 Å². The normalized spacial score (nSPS) is 18.5. The van der Waals surface area contributed by atoms with Gasteiger partial charge in [0.1, 0.15) is 30.0 Å². The third-order valence-electron chi connectivity index (χ3n) is 6.08. The van der Waals surface area contributed by atoms with Crippen molar-refractivity contribution in [1.29, 1.82) is 0 Å². The number of hydrogen-bond donors (Lipinski definition) is 3. The maximum Gasteiger partial charge on any atom is 0.142 e. The molecule has 3 aromatic rings. The van der Waals surface area contributed by atoms with E-state index in [1.807, 2.05) is 31.3 Å². The summed E-state index contributed by atoms with van der Waals surface area (Å²) < 4.78 is 17.9. The van der Waals surface area contributed by atoms with Crippen LogP contribution >= 0.6 is 0 Å². The first-order valence-electron chi connectivity index (χ1n) is 11.6. The number of para-hydroxylation sites is 2. The van der Waals surface area contributed by atoms with Crippen LogP contribution in [0.3, 0.4) is 0 Å².